The number of rotatable bonds is 3. The molecule has 0 spiro atoms. The van der Waals surface area contributed by atoms with E-state index >= 15 is 0 Å². The fourth-order valence-electron chi connectivity index (χ4n) is 1.54. The van der Waals surface area contributed by atoms with Crippen molar-refractivity contribution < 1.29 is 10.3 Å². The molecule has 0 radical (unpaired) electrons. The Kier molecular flexibility index (Phi) is 3.97. The molecule has 0 heterocycles. The molecule has 0 saturated carbocycles. The molecule has 0 aliphatic carbocycles. The summed E-state index contributed by atoms with van der Waals surface area (Å²) in [6, 6.07) is 1.78. The minimum absolute atomic E-state index is 0.192. The predicted octanol–water partition coefficient (Wildman–Crippen LogP) is 2.96. The Morgan fingerprint density at radius 3 is 2.53 bits per heavy atom. The number of phenolic OH excluding ortho intramolecular Hbond substituents is 1. The van der Waals surface area contributed by atoms with Crippen molar-refractivity contribution in [1.82, 2.24) is 5.48 Å². The standard InChI is InChI=1S/C11H16ClNO2/c1-6(2)8-4-10(12)7(3)9(5-13-15)11(8)14/h4,6,13-15H,5H2,1-3H3. The lowest BCUT2D eigenvalue weighted by Crippen LogP contribution is -2.09. The third-order valence-corrected chi connectivity index (χ3v) is 2.92. The molecule has 84 valence electrons. The van der Waals surface area contributed by atoms with Gasteiger partial charge in [-0.15, -0.1) is 0 Å². The first-order valence-corrected chi connectivity index (χ1v) is 5.24. The molecular formula is C11H16ClNO2. The summed E-state index contributed by atoms with van der Waals surface area (Å²) in [5.41, 5.74) is 4.28. The Morgan fingerprint density at radius 2 is 2.07 bits per heavy atom. The zero-order valence-corrected chi connectivity index (χ0v) is 9.89. The van der Waals surface area contributed by atoms with Crippen LogP contribution in [0.25, 0.3) is 0 Å². The van der Waals surface area contributed by atoms with Crippen molar-refractivity contribution in [2.45, 2.75) is 33.2 Å². The predicted molar refractivity (Wildman–Crippen MR) is 60.6 cm³/mol. The molecule has 0 fully saturated rings. The van der Waals surface area contributed by atoms with Crippen molar-refractivity contribution in [2.24, 2.45) is 0 Å². The average molecular weight is 230 g/mol. The largest absolute Gasteiger partial charge is 0.507 e. The Hall–Kier alpha value is -0.770. The number of halogens is 1. The highest BCUT2D eigenvalue weighted by molar-refractivity contribution is 6.31. The Balaban J connectivity index is 3.35. The molecule has 4 heteroatoms. The number of nitrogens with one attached hydrogen (secondary N) is 1. The third kappa shape index (κ3) is 2.43. The number of aromatic hydroxyl groups is 1. The summed E-state index contributed by atoms with van der Waals surface area (Å²) in [5, 5.41) is 19.3. The van der Waals surface area contributed by atoms with Gasteiger partial charge in [0.2, 0.25) is 0 Å². The number of hydrogen-bond acceptors (Lipinski definition) is 3. The second-order valence-electron chi connectivity index (χ2n) is 3.89. The normalized spacial score (nSPS) is 11.1. The van der Waals surface area contributed by atoms with Crippen LogP contribution in [0.15, 0.2) is 6.07 Å². The molecule has 0 saturated heterocycles. The van der Waals surface area contributed by atoms with Crippen LogP contribution < -0.4 is 5.48 Å². The van der Waals surface area contributed by atoms with Gasteiger partial charge in [0.15, 0.2) is 0 Å². The van der Waals surface area contributed by atoms with E-state index in [9.17, 15) is 5.11 Å². The van der Waals surface area contributed by atoms with Gasteiger partial charge in [-0.25, -0.2) is 5.48 Å². The van der Waals surface area contributed by atoms with Gasteiger partial charge in [0, 0.05) is 17.1 Å². The van der Waals surface area contributed by atoms with Crippen molar-refractivity contribution in [2.75, 3.05) is 0 Å². The van der Waals surface area contributed by atoms with E-state index in [1.165, 1.54) is 0 Å². The van der Waals surface area contributed by atoms with Crippen molar-refractivity contribution in [3.05, 3.63) is 27.8 Å². The van der Waals surface area contributed by atoms with Gasteiger partial charge >= 0.3 is 0 Å². The van der Waals surface area contributed by atoms with Gasteiger partial charge in [0.1, 0.15) is 5.75 Å². The summed E-state index contributed by atoms with van der Waals surface area (Å²) < 4.78 is 0. The van der Waals surface area contributed by atoms with Crippen LogP contribution in [0.5, 0.6) is 5.75 Å². The van der Waals surface area contributed by atoms with Crippen LogP contribution in [-0.2, 0) is 6.54 Å². The Labute approximate surface area is 94.7 Å². The van der Waals surface area contributed by atoms with Crippen LogP contribution in [0.1, 0.15) is 36.5 Å². The molecule has 15 heavy (non-hydrogen) atoms. The van der Waals surface area contributed by atoms with Crippen LogP contribution in [0, 0.1) is 6.92 Å². The van der Waals surface area contributed by atoms with Crippen LogP contribution in [0.4, 0.5) is 0 Å². The lowest BCUT2D eigenvalue weighted by molar-refractivity contribution is 0.160. The fraction of sp³-hybridized carbons (Fsp3) is 0.455. The second-order valence-corrected chi connectivity index (χ2v) is 4.30. The van der Waals surface area contributed by atoms with Crippen molar-refractivity contribution >= 4 is 11.6 Å². The number of phenols is 1. The molecule has 0 aliphatic heterocycles. The highest BCUT2D eigenvalue weighted by atomic mass is 35.5. The van der Waals surface area contributed by atoms with Gasteiger partial charge in [0.25, 0.3) is 0 Å². The average Bonchev–Trinajstić information content (AvgIpc) is 2.18. The van der Waals surface area contributed by atoms with Crippen LogP contribution in [-0.4, -0.2) is 10.3 Å². The summed E-state index contributed by atoms with van der Waals surface area (Å²) in [6.07, 6.45) is 0. The van der Waals surface area contributed by atoms with Gasteiger partial charge in [0.05, 0.1) is 0 Å². The van der Waals surface area contributed by atoms with Gasteiger partial charge in [-0.2, -0.15) is 0 Å². The minimum atomic E-state index is 0.192. The second kappa shape index (κ2) is 4.84. The molecule has 0 amide bonds. The Morgan fingerprint density at radius 1 is 1.47 bits per heavy atom. The van der Waals surface area contributed by atoms with E-state index in [0.717, 1.165) is 11.1 Å². The van der Waals surface area contributed by atoms with E-state index in [2.05, 4.69) is 0 Å². The molecule has 1 aromatic rings. The monoisotopic (exact) mass is 229 g/mol. The highest BCUT2D eigenvalue weighted by Gasteiger charge is 2.15. The van der Waals surface area contributed by atoms with Crippen LogP contribution in [0.3, 0.4) is 0 Å². The van der Waals surface area contributed by atoms with Crippen molar-refractivity contribution in [1.29, 1.82) is 0 Å². The molecule has 1 aromatic carbocycles. The summed E-state index contributed by atoms with van der Waals surface area (Å²) in [5.74, 6) is 0.411. The van der Waals surface area contributed by atoms with Crippen molar-refractivity contribution in [3.8, 4) is 5.75 Å². The summed E-state index contributed by atoms with van der Waals surface area (Å²) in [4.78, 5) is 0. The third-order valence-electron chi connectivity index (χ3n) is 2.53. The maximum absolute atomic E-state index is 9.99. The van der Waals surface area contributed by atoms with Gasteiger partial charge in [-0.1, -0.05) is 25.4 Å². The highest BCUT2D eigenvalue weighted by Crippen LogP contribution is 2.35. The minimum Gasteiger partial charge on any atom is -0.507 e. The summed E-state index contributed by atoms with van der Waals surface area (Å²) in [6.45, 7) is 5.98. The molecule has 0 bridgehead atoms. The molecule has 0 unspecified atom stereocenters. The lowest BCUT2D eigenvalue weighted by Gasteiger charge is -2.16. The Bertz CT molecular complexity index is 364. The smallest absolute Gasteiger partial charge is 0.123 e. The SMILES string of the molecule is Cc1c(Cl)cc(C(C)C)c(O)c1CNO. The maximum Gasteiger partial charge on any atom is 0.123 e. The van der Waals surface area contributed by atoms with E-state index in [4.69, 9.17) is 16.8 Å². The zero-order chi connectivity index (χ0) is 11.6. The van der Waals surface area contributed by atoms with Crippen molar-refractivity contribution in [3.63, 3.8) is 0 Å². The van der Waals surface area contributed by atoms with Gasteiger partial charge < -0.3 is 10.3 Å². The van der Waals surface area contributed by atoms with E-state index in [0.29, 0.717) is 10.6 Å². The molecule has 0 atom stereocenters. The van der Waals surface area contributed by atoms with E-state index < -0.39 is 0 Å². The van der Waals surface area contributed by atoms with Gasteiger partial charge in [-0.05, 0) is 30.0 Å². The molecule has 3 N–H and O–H groups in total. The quantitative estimate of drug-likeness (QED) is 0.699. The van der Waals surface area contributed by atoms with Crippen LogP contribution >= 0.6 is 11.6 Å². The first kappa shape index (κ1) is 12.3. The fourth-order valence-corrected chi connectivity index (χ4v) is 1.78. The maximum atomic E-state index is 9.99. The topological polar surface area (TPSA) is 52.5 Å². The summed E-state index contributed by atoms with van der Waals surface area (Å²) in [7, 11) is 0. The van der Waals surface area contributed by atoms with Gasteiger partial charge in [-0.3, -0.25) is 0 Å². The zero-order valence-electron chi connectivity index (χ0n) is 9.13. The number of hydroxylamine groups is 1. The lowest BCUT2D eigenvalue weighted by atomic mass is 9.96. The van der Waals surface area contributed by atoms with E-state index in [-0.39, 0.29) is 18.2 Å². The number of hydrogen-bond donors (Lipinski definition) is 3. The van der Waals surface area contributed by atoms with E-state index in [1.54, 1.807) is 6.07 Å². The van der Waals surface area contributed by atoms with E-state index in [1.807, 2.05) is 26.3 Å². The molecule has 0 aromatic heterocycles. The summed E-state index contributed by atoms with van der Waals surface area (Å²) >= 11 is 6.05. The molecule has 0 aliphatic rings. The van der Waals surface area contributed by atoms with Crippen LogP contribution in [0.2, 0.25) is 5.02 Å². The molecular weight excluding hydrogens is 214 g/mol. The first-order valence-electron chi connectivity index (χ1n) is 4.86. The molecule has 3 nitrogen and oxygen atoms in total. The first-order chi connectivity index (χ1) is 6.99. The number of benzene rings is 1. The molecule has 1 rings (SSSR count).